The van der Waals surface area contributed by atoms with Crippen LogP contribution in [-0.2, 0) is 6.54 Å². The van der Waals surface area contributed by atoms with Crippen molar-refractivity contribution in [3.05, 3.63) is 40.3 Å². The molecule has 0 atom stereocenters. The third kappa shape index (κ3) is 3.30. The van der Waals surface area contributed by atoms with Gasteiger partial charge in [0.1, 0.15) is 5.82 Å². The average Bonchev–Trinajstić information content (AvgIpc) is 3.10. The van der Waals surface area contributed by atoms with E-state index in [4.69, 9.17) is 23.2 Å². The molecular weight excluding hydrogens is 281 g/mol. The molecule has 1 aliphatic rings. The van der Waals surface area contributed by atoms with Crippen LogP contribution in [0.1, 0.15) is 18.7 Å². The Kier molecular flexibility index (Phi) is 3.78. The fourth-order valence-electron chi connectivity index (χ4n) is 2.01. The van der Waals surface area contributed by atoms with Crippen molar-refractivity contribution in [3.63, 3.8) is 0 Å². The number of imidazole rings is 1. The van der Waals surface area contributed by atoms with Gasteiger partial charge in [-0.3, -0.25) is 0 Å². The molecule has 0 saturated heterocycles. The molecule has 0 unspecified atom stereocenters. The Hall–Kier alpha value is -1.03. The van der Waals surface area contributed by atoms with Crippen LogP contribution in [0.4, 0.5) is 0 Å². The predicted molar refractivity (Wildman–Crippen MR) is 78.5 cm³/mol. The van der Waals surface area contributed by atoms with Gasteiger partial charge in [0.25, 0.3) is 0 Å². The van der Waals surface area contributed by atoms with Gasteiger partial charge in [-0.25, -0.2) is 4.98 Å². The summed E-state index contributed by atoms with van der Waals surface area (Å²) in [6.45, 7) is 1.84. The smallest absolute Gasteiger partial charge is 0.120 e. The van der Waals surface area contributed by atoms with Gasteiger partial charge in [-0.15, -0.1) is 0 Å². The van der Waals surface area contributed by atoms with Gasteiger partial charge in [0.15, 0.2) is 0 Å². The van der Waals surface area contributed by atoms with E-state index in [-0.39, 0.29) is 0 Å². The van der Waals surface area contributed by atoms with Crippen molar-refractivity contribution in [2.75, 3.05) is 6.54 Å². The lowest BCUT2D eigenvalue weighted by atomic mass is 10.2. The molecule has 1 saturated carbocycles. The minimum atomic E-state index is 0.669. The summed E-state index contributed by atoms with van der Waals surface area (Å²) in [5, 5.41) is 4.74. The predicted octanol–water partition coefficient (Wildman–Crippen LogP) is 3.88. The molecule has 5 heteroatoms. The highest BCUT2D eigenvalue weighted by Crippen LogP contribution is 2.29. The van der Waals surface area contributed by atoms with E-state index < -0.39 is 0 Å². The minimum Gasteiger partial charge on any atom is -0.341 e. The molecule has 0 radical (unpaired) electrons. The molecule has 1 heterocycles. The number of halogens is 2. The van der Waals surface area contributed by atoms with Crippen molar-refractivity contribution in [1.82, 2.24) is 15.3 Å². The maximum absolute atomic E-state index is 6.17. The SMILES string of the molecule is Clc1ccc(Cl)c(-c2cnc(CNCC3CC3)[nH]2)c1. The highest BCUT2D eigenvalue weighted by Gasteiger charge is 2.20. The van der Waals surface area contributed by atoms with Crippen molar-refractivity contribution in [1.29, 1.82) is 0 Å². The van der Waals surface area contributed by atoms with Crippen molar-refractivity contribution in [3.8, 4) is 11.3 Å². The van der Waals surface area contributed by atoms with E-state index in [1.54, 1.807) is 18.3 Å². The molecule has 0 amide bonds. The van der Waals surface area contributed by atoms with Gasteiger partial charge >= 0.3 is 0 Å². The summed E-state index contributed by atoms with van der Waals surface area (Å²) in [6, 6.07) is 5.42. The number of nitrogens with one attached hydrogen (secondary N) is 2. The Bertz CT molecular complexity index is 576. The maximum atomic E-state index is 6.17. The van der Waals surface area contributed by atoms with E-state index in [9.17, 15) is 0 Å². The molecule has 3 rings (SSSR count). The van der Waals surface area contributed by atoms with Crippen LogP contribution in [0.15, 0.2) is 24.4 Å². The van der Waals surface area contributed by atoms with Gasteiger partial charge in [0.05, 0.1) is 23.5 Å². The van der Waals surface area contributed by atoms with E-state index in [1.807, 2.05) is 6.07 Å². The monoisotopic (exact) mass is 295 g/mol. The van der Waals surface area contributed by atoms with E-state index in [0.717, 1.165) is 36.1 Å². The molecule has 1 aromatic heterocycles. The second-order valence-corrected chi connectivity index (χ2v) is 5.79. The number of aromatic amines is 1. The summed E-state index contributed by atoms with van der Waals surface area (Å²) in [4.78, 5) is 7.64. The van der Waals surface area contributed by atoms with Crippen LogP contribution < -0.4 is 5.32 Å². The summed E-state index contributed by atoms with van der Waals surface area (Å²) in [5.41, 5.74) is 1.78. The van der Waals surface area contributed by atoms with Crippen molar-refractivity contribution in [2.45, 2.75) is 19.4 Å². The Morgan fingerprint density at radius 1 is 1.32 bits per heavy atom. The summed E-state index contributed by atoms with van der Waals surface area (Å²) >= 11 is 12.2. The second kappa shape index (κ2) is 5.53. The van der Waals surface area contributed by atoms with Crippen molar-refractivity contribution >= 4 is 23.2 Å². The molecular formula is C14H15Cl2N3. The molecule has 1 aromatic carbocycles. The third-order valence-corrected chi connectivity index (χ3v) is 3.83. The second-order valence-electron chi connectivity index (χ2n) is 4.94. The molecule has 3 nitrogen and oxygen atoms in total. The lowest BCUT2D eigenvalue weighted by Crippen LogP contribution is -2.16. The van der Waals surface area contributed by atoms with Gasteiger partial charge < -0.3 is 10.3 Å². The van der Waals surface area contributed by atoms with Gasteiger partial charge in [-0.2, -0.15) is 0 Å². The Labute approximate surface area is 122 Å². The van der Waals surface area contributed by atoms with Crippen molar-refractivity contribution < 1.29 is 0 Å². The highest BCUT2D eigenvalue weighted by atomic mass is 35.5. The van der Waals surface area contributed by atoms with Crippen LogP contribution in [0.2, 0.25) is 10.0 Å². The van der Waals surface area contributed by atoms with Crippen LogP contribution in [0.25, 0.3) is 11.3 Å². The zero-order chi connectivity index (χ0) is 13.2. The normalized spacial score (nSPS) is 14.8. The zero-order valence-electron chi connectivity index (χ0n) is 10.4. The number of benzene rings is 1. The van der Waals surface area contributed by atoms with Gasteiger partial charge in [-0.1, -0.05) is 23.2 Å². The van der Waals surface area contributed by atoms with E-state index in [2.05, 4.69) is 15.3 Å². The fourth-order valence-corrected chi connectivity index (χ4v) is 2.40. The third-order valence-electron chi connectivity index (χ3n) is 3.27. The first-order chi connectivity index (χ1) is 9.22. The van der Waals surface area contributed by atoms with Crippen LogP contribution >= 0.6 is 23.2 Å². The first-order valence-electron chi connectivity index (χ1n) is 6.42. The molecule has 0 bridgehead atoms. The summed E-state index contributed by atoms with van der Waals surface area (Å²) in [6.07, 6.45) is 4.51. The van der Waals surface area contributed by atoms with Crippen LogP contribution in [0.5, 0.6) is 0 Å². The minimum absolute atomic E-state index is 0.669. The number of hydrogen-bond donors (Lipinski definition) is 2. The van der Waals surface area contributed by atoms with E-state index in [0.29, 0.717) is 10.0 Å². The quantitative estimate of drug-likeness (QED) is 0.879. The highest BCUT2D eigenvalue weighted by molar-refractivity contribution is 6.35. The van der Waals surface area contributed by atoms with Crippen molar-refractivity contribution in [2.24, 2.45) is 5.92 Å². The lowest BCUT2D eigenvalue weighted by Gasteiger charge is -2.02. The fraction of sp³-hybridized carbons (Fsp3) is 0.357. The molecule has 1 aliphatic carbocycles. The van der Waals surface area contributed by atoms with Gasteiger partial charge in [0, 0.05) is 10.6 Å². The summed E-state index contributed by atoms with van der Waals surface area (Å²) in [5.74, 6) is 1.79. The number of hydrogen-bond acceptors (Lipinski definition) is 2. The molecule has 19 heavy (non-hydrogen) atoms. The summed E-state index contributed by atoms with van der Waals surface area (Å²) in [7, 11) is 0. The molecule has 0 aliphatic heterocycles. The maximum Gasteiger partial charge on any atom is 0.120 e. The van der Waals surface area contributed by atoms with E-state index in [1.165, 1.54) is 12.8 Å². The standard InChI is InChI=1S/C14H15Cl2N3/c15-10-3-4-12(16)11(5-10)13-7-18-14(19-13)8-17-6-9-1-2-9/h3-5,7,9,17H,1-2,6,8H2,(H,18,19). The molecule has 2 aromatic rings. The van der Waals surface area contributed by atoms with Gasteiger partial charge in [-0.05, 0) is 43.5 Å². The Morgan fingerprint density at radius 2 is 2.16 bits per heavy atom. The summed E-state index contributed by atoms with van der Waals surface area (Å²) < 4.78 is 0. The lowest BCUT2D eigenvalue weighted by molar-refractivity contribution is 0.623. The average molecular weight is 296 g/mol. The first kappa shape index (κ1) is 13.0. The zero-order valence-corrected chi connectivity index (χ0v) is 11.9. The molecule has 100 valence electrons. The van der Waals surface area contributed by atoms with Crippen LogP contribution in [-0.4, -0.2) is 16.5 Å². The largest absolute Gasteiger partial charge is 0.341 e. The van der Waals surface area contributed by atoms with Crippen LogP contribution in [0.3, 0.4) is 0 Å². The Balaban J connectivity index is 1.70. The van der Waals surface area contributed by atoms with Gasteiger partial charge in [0.2, 0.25) is 0 Å². The first-order valence-corrected chi connectivity index (χ1v) is 7.18. The van der Waals surface area contributed by atoms with E-state index >= 15 is 0 Å². The van der Waals surface area contributed by atoms with Crippen LogP contribution in [0, 0.1) is 5.92 Å². The number of rotatable bonds is 5. The number of nitrogens with zero attached hydrogens (tertiary/aromatic N) is 1. The number of aromatic nitrogens is 2. The Morgan fingerprint density at radius 3 is 2.95 bits per heavy atom. The number of H-pyrrole nitrogens is 1. The topological polar surface area (TPSA) is 40.7 Å². The molecule has 2 N–H and O–H groups in total. The molecule has 0 spiro atoms. The molecule has 1 fully saturated rings.